The van der Waals surface area contributed by atoms with E-state index in [-0.39, 0.29) is 0 Å². The monoisotopic (exact) mass is 165 g/mol. The zero-order valence-corrected chi connectivity index (χ0v) is 7.92. The van der Waals surface area contributed by atoms with E-state index < -0.39 is 0 Å². The Hall–Kier alpha value is -0.890. The molecule has 0 aliphatic heterocycles. The fraction of sp³-hybridized carbons (Fsp3) is 0.500. The first kappa shape index (κ1) is 9.20. The highest BCUT2D eigenvalue weighted by atomic mass is 16.5. The van der Waals surface area contributed by atoms with Crippen LogP contribution in [0, 0.1) is 13.8 Å². The minimum absolute atomic E-state index is 0.676. The first-order chi connectivity index (χ1) is 5.74. The number of rotatable bonds is 3. The van der Waals surface area contributed by atoms with Crippen LogP contribution in [0.2, 0.25) is 0 Å². The summed E-state index contributed by atoms with van der Waals surface area (Å²) in [4.78, 5) is 4.35. The first-order valence-corrected chi connectivity index (χ1v) is 4.25. The van der Waals surface area contributed by atoms with E-state index in [0.29, 0.717) is 6.61 Å². The second kappa shape index (κ2) is 4.21. The minimum atomic E-state index is 0.676. The van der Waals surface area contributed by atoms with Gasteiger partial charge in [0.05, 0.1) is 6.61 Å². The van der Waals surface area contributed by atoms with E-state index in [2.05, 4.69) is 11.1 Å². The third-order valence-corrected chi connectivity index (χ3v) is 1.80. The molecule has 12 heavy (non-hydrogen) atoms. The van der Waals surface area contributed by atoms with Crippen molar-refractivity contribution in [2.24, 2.45) is 0 Å². The summed E-state index contributed by atoms with van der Waals surface area (Å²) in [7, 11) is 0. The third kappa shape index (κ3) is 2.31. The van der Waals surface area contributed by atoms with Gasteiger partial charge in [0.15, 0.2) is 0 Å². The lowest BCUT2D eigenvalue weighted by molar-refractivity contribution is 0.133. The Balaban J connectivity index is 2.72. The van der Waals surface area contributed by atoms with Crippen LogP contribution in [0.5, 0.6) is 0 Å². The molecule has 0 unspecified atom stereocenters. The molecule has 1 aromatic heterocycles. The van der Waals surface area contributed by atoms with Crippen LogP contribution in [0.3, 0.4) is 0 Å². The van der Waals surface area contributed by atoms with E-state index in [4.69, 9.17) is 4.74 Å². The van der Waals surface area contributed by atoms with Crippen molar-refractivity contribution in [3.8, 4) is 0 Å². The molecule has 2 heteroatoms. The number of hydrogen-bond donors (Lipinski definition) is 0. The maximum Gasteiger partial charge on any atom is 0.0734 e. The van der Waals surface area contributed by atoms with Crippen molar-refractivity contribution in [1.82, 2.24) is 4.98 Å². The maximum atomic E-state index is 5.30. The Labute approximate surface area is 73.6 Å². The largest absolute Gasteiger partial charge is 0.377 e. The summed E-state index contributed by atoms with van der Waals surface area (Å²) in [5.41, 5.74) is 3.32. The van der Waals surface area contributed by atoms with Crippen LogP contribution in [0.15, 0.2) is 12.1 Å². The van der Waals surface area contributed by atoms with Crippen molar-refractivity contribution in [3.05, 3.63) is 29.1 Å². The van der Waals surface area contributed by atoms with E-state index in [9.17, 15) is 0 Å². The predicted octanol–water partition coefficient (Wildman–Crippen LogP) is 2.23. The molecule has 1 aromatic rings. The second-order valence-electron chi connectivity index (χ2n) is 2.83. The summed E-state index contributed by atoms with van der Waals surface area (Å²) >= 11 is 0. The summed E-state index contributed by atoms with van der Waals surface area (Å²) in [6, 6.07) is 4.09. The van der Waals surface area contributed by atoms with Crippen molar-refractivity contribution in [3.63, 3.8) is 0 Å². The van der Waals surface area contributed by atoms with Crippen LogP contribution in [0.25, 0.3) is 0 Å². The van der Waals surface area contributed by atoms with Crippen LogP contribution < -0.4 is 0 Å². The van der Waals surface area contributed by atoms with Crippen LogP contribution in [0.4, 0.5) is 0 Å². The minimum Gasteiger partial charge on any atom is -0.377 e. The number of aryl methyl sites for hydroxylation is 2. The average Bonchev–Trinajstić information content (AvgIpc) is 2.03. The molecule has 0 aliphatic carbocycles. The molecule has 0 N–H and O–H groups in total. The molecule has 0 amide bonds. The lowest BCUT2D eigenvalue weighted by Crippen LogP contribution is -1.97. The Bertz CT molecular complexity index is 258. The second-order valence-corrected chi connectivity index (χ2v) is 2.83. The number of nitrogens with zero attached hydrogens (tertiary/aromatic N) is 1. The Kier molecular flexibility index (Phi) is 3.23. The van der Waals surface area contributed by atoms with Crippen molar-refractivity contribution in [2.45, 2.75) is 27.4 Å². The molecule has 0 aromatic carbocycles. The Morgan fingerprint density at radius 1 is 1.33 bits per heavy atom. The van der Waals surface area contributed by atoms with Crippen molar-refractivity contribution >= 4 is 0 Å². The molecule has 0 fully saturated rings. The highest BCUT2D eigenvalue weighted by Gasteiger charge is 1.98. The van der Waals surface area contributed by atoms with Gasteiger partial charge < -0.3 is 4.74 Å². The first-order valence-electron chi connectivity index (χ1n) is 4.25. The molecule has 0 saturated carbocycles. The van der Waals surface area contributed by atoms with E-state index in [1.165, 1.54) is 5.56 Å². The summed E-state index contributed by atoms with van der Waals surface area (Å²) in [5.74, 6) is 0. The smallest absolute Gasteiger partial charge is 0.0734 e. The van der Waals surface area contributed by atoms with Gasteiger partial charge >= 0.3 is 0 Å². The highest BCUT2D eigenvalue weighted by Crippen LogP contribution is 2.07. The van der Waals surface area contributed by atoms with Crippen LogP contribution in [-0.2, 0) is 11.3 Å². The van der Waals surface area contributed by atoms with Gasteiger partial charge in [-0.25, -0.2) is 0 Å². The summed E-state index contributed by atoms with van der Waals surface area (Å²) in [6.45, 7) is 7.44. The normalized spacial score (nSPS) is 10.2. The third-order valence-electron chi connectivity index (χ3n) is 1.80. The van der Waals surface area contributed by atoms with Gasteiger partial charge in [-0.3, -0.25) is 4.98 Å². The molecule has 0 saturated heterocycles. The van der Waals surface area contributed by atoms with Gasteiger partial charge in [0.1, 0.15) is 0 Å². The predicted molar refractivity (Wildman–Crippen MR) is 49.0 cm³/mol. The van der Waals surface area contributed by atoms with Gasteiger partial charge in [-0.15, -0.1) is 0 Å². The summed E-state index contributed by atoms with van der Waals surface area (Å²) in [6.07, 6.45) is 0. The van der Waals surface area contributed by atoms with Gasteiger partial charge in [0, 0.05) is 18.0 Å². The summed E-state index contributed by atoms with van der Waals surface area (Å²) < 4.78 is 5.30. The molecule has 1 rings (SSSR count). The molecular formula is C10H15NO. The van der Waals surface area contributed by atoms with Crippen LogP contribution >= 0.6 is 0 Å². The lowest BCUT2D eigenvalue weighted by Gasteiger charge is -2.05. The fourth-order valence-corrected chi connectivity index (χ4v) is 1.08. The molecule has 0 bridgehead atoms. The molecule has 0 spiro atoms. The van der Waals surface area contributed by atoms with Crippen molar-refractivity contribution in [1.29, 1.82) is 0 Å². The van der Waals surface area contributed by atoms with Crippen LogP contribution in [-0.4, -0.2) is 11.6 Å². The van der Waals surface area contributed by atoms with E-state index in [0.717, 1.165) is 18.0 Å². The molecule has 0 radical (unpaired) electrons. The highest BCUT2D eigenvalue weighted by molar-refractivity contribution is 5.20. The molecule has 2 nitrogen and oxygen atoms in total. The van der Waals surface area contributed by atoms with E-state index in [1.54, 1.807) is 0 Å². The lowest BCUT2D eigenvalue weighted by atomic mass is 10.2. The molecule has 0 aliphatic rings. The fourth-order valence-electron chi connectivity index (χ4n) is 1.08. The Morgan fingerprint density at radius 3 is 2.67 bits per heavy atom. The molecule has 0 atom stereocenters. The van der Waals surface area contributed by atoms with Crippen molar-refractivity contribution in [2.75, 3.05) is 6.61 Å². The molecule has 66 valence electrons. The number of ether oxygens (including phenoxy) is 1. The van der Waals surface area contributed by atoms with E-state index in [1.807, 2.05) is 26.8 Å². The maximum absolute atomic E-state index is 5.30. The number of aromatic nitrogens is 1. The molecule has 1 heterocycles. The topological polar surface area (TPSA) is 22.1 Å². The standard InChI is InChI=1S/C10H15NO/c1-4-12-7-10-6-5-8(2)11-9(10)3/h5-6H,4,7H2,1-3H3. The van der Waals surface area contributed by atoms with E-state index >= 15 is 0 Å². The zero-order chi connectivity index (χ0) is 8.97. The molecular weight excluding hydrogens is 150 g/mol. The number of pyridine rings is 1. The quantitative estimate of drug-likeness (QED) is 0.685. The zero-order valence-electron chi connectivity index (χ0n) is 7.92. The van der Waals surface area contributed by atoms with Crippen molar-refractivity contribution < 1.29 is 4.74 Å². The van der Waals surface area contributed by atoms with Gasteiger partial charge in [-0.05, 0) is 32.4 Å². The van der Waals surface area contributed by atoms with Gasteiger partial charge in [0.2, 0.25) is 0 Å². The number of hydrogen-bond acceptors (Lipinski definition) is 2. The van der Waals surface area contributed by atoms with Crippen LogP contribution in [0.1, 0.15) is 23.9 Å². The average molecular weight is 165 g/mol. The SMILES string of the molecule is CCOCc1ccc(C)nc1C. The van der Waals surface area contributed by atoms with Gasteiger partial charge in [0.25, 0.3) is 0 Å². The van der Waals surface area contributed by atoms with Gasteiger partial charge in [-0.2, -0.15) is 0 Å². The Morgan fingerprint density at radius 2 is 2.08 bits per heavy atom. The van der Waals surface area contributed by atoms with Gasteiger partial charge in [-0.1, -0.05) is 6.07 Å². The summed E-state index contributed by atoms with van der Waals surface area (Å²) in [5, 5.41) is 0.